The number of nitrogens with zero attached hydrogens (tertiary/aromatic N) is 5. The molecular weight excluding hydrogens is 823 g/mol. The second-order valence-electron chi connectivity index (χ2n) is 20.0. The van der Waals surface area contributed by atoms with E-state index in [-0.39, 0.29) is 61.4 Å². The summed E-state index contributed by atoms with van der Waals surface area (Å²) in [5.41, 5.74) is 10.1. The third-order valence-electron chi connectivity index (χ3n) is 13.5. The largest absolute Gasteiger partial charge is 0.508 e. The summed E-state index contributed by atoms with van der Waals surface area (Å²) in [6.07, 6.45) is 3.40. The van der Waals surface area contributed by atoms with Crippen molar-refractivity contribution >= 4 is 40.5 Å². The number of pyridine rings is 1. The molecular formula is C51H67N7O7. The Morgan fingerprint density at radius 2 is 1.80 bits per heavy atom. The zero-order valence-corrected chi connectivity index (χ0v) is 39.7. The van der Waals surface area contributed by atoms with E-state index in [9.17, 15) is 29.1 Å². The fraction of sp³-hybridized carbons (Fsp3) is 0.529. The zero-order valence-electron chi connectivity index (χ0n) is 39.7. The number of hydrogen-bond donors (Lipinski definition) is 3. The summed E-state index contributed by atoms with van der Waals surface area (Å²) in [7, 11) is 1.60. The number of carbonyl (C=O) groups is 5. The second kappa shape index (κ2) is 19.0. The number of benzene rings is 2. The monoisotopic (exact) mass is 890 g/mol. The zero-order chi connectivity index (χ0) is 47.1. The van der Waals surface area contributed by atoms with E-state index in [0.29, 0.717) is 37.9 Å². The molecule has 3 aliphatic rings. The van der Waals surface area contributed by atoms with Crippen LogP contribution in [0, 0.1) is 23.2 Å². The van der Waals surface area contributed by atoms with Gasteiger partial charge >= 0.3 is 5.97 Å². The first-order valence-corrected chi connectivity index (χ1v) is 23.3. The number of aromatic nitrogens is 2. The number of aromatic hydroxyl groups is 1. The van der Waals surface area contributed by atoms with E-state index in [4.69, 9.17) is 9.72 Å². The number of nitrogens with one attached hydrogen (secondary N) is 2. The average Bonchev–Trinajstić information content (AvgIpc) is 3.80. The predicted molar refractivity (Wildman–Crippen MR) is 250 cm³/mol. The van der Waals surface area contributed by atoms with E-state index in [1.54, 1.807) is 24.1 Å². The summed E-state index contributed by atoms with van der Waals surface area (Å²) in [6, 6.07) is 12.8. The van der Waals surface area contributed by atoms with Gasteiger partial charge in [-0.05, 0) is 103 Å². The molecule has 0 saturated carbocycles. The summed E-state index contributed by atoms with van der Waals surface area (Å²) >= 11 is 0. The molecule has 5 atom stereocenters. The first-order valence-electron chi connectivity index (χ1n) is 23.3. The van der Waals surface area contributed by atoms with E-state index in [2.05, 4.69) is 68.1 Å². The van der Waals surface area contributed by atoms with E-state index in [1.165, 1.54) is 16.8 Å². The maximum atomic E-state index is 14.7. The molecule has 65 heavy (non-hydrogen) atoms. The van der Waals surface area contributed by atoms with Crippen LogP contribution in [0.3, 0.4) is 0 Å². The molecule has 0 unspecified atom stereocenters. The van der Waals surface area contributed by atoms with Crippen molar-refractivity contribution < 1.29 is 33.8 Å². The molecule has 5 heterocycles. The van der Waals surface area contributed by atoms with Gasteiger partial charge in [0.2, 0.25) is 17.7 Å². The number of rotatable bonds is 8. The summed E-state index contributed by atoms with van der Waals surface area (Å²) in [5, 5.41) is 16.8. The van der Waals surface area contributed by atoms with Gasteiger partial charge in [-0.15, -0.1) is 0 Å². The highest BCUT2D eigenvalue weighted by Crippen LogP contribution is 2.42. The lowest BCUT2D eigenvalue weighted by Crippen LogP contribution is -2.62. The summed E-state index contributed by atoms with van der Waals surface area (Å²) in [4.78, 5) is 77.4. The van der Waals surface area contributed by atoms with Gasteiger partial charge in [0.25, 0.3) is 5.91 Å². The number of phenols is 1. The van der Waals surface area contributed by atoms with Crippen LogP contribution < -0.4 is 10.7 Å². The standard InChI is InChI=1S/C51H67N7O7/c1-11-57-43-17-16-34-24-38(43)39(46(57)37-14-12-18-52-44(37)29(2)3)25-51(8,9)28-65-50(64)41-15-13-19-58(54-41)49(63)42(22-33-20-35(34)23-36(60)21-33)53-47(61)45(30(4)5)55(10)48(62)40-27-56(32(7)59)26-31(40)6/h12,14,16-18,20-21,23-24,29-31,40-42,45,54,60H,11,13,15,19,22,25-28H2,1-10H3,(H,53,61)/t31-,40+,41-,42-,45-/m0/s1. The number of cyclic esters (lactones) is 1. The molecule has 348 valence electrons. The molecule has 14 heteroatoms. The Bertz CT molecular complexity index is 2480. The molecule has 2 fully saturated rings. The number of esters is 1. The lowest BCUT2D eigenvalue weighted by Gasteiger charge is -2.37. The fourth-order valence-corrected chi connectivity index (χ4v) is 10.2. The number of amides is 4. The van der Waals surface area contributed by atoms with E-state index < -0.39 is 47.2 Å². The molecule has 14 nitrogen and oxygen atoms in total. The van der Waals surface area contributed by atoms with Crippen LogP contribution in [0.25, 0.3) is 33.3 Å². The maximum absolute atomic E-state index is 14.7. The predicted octanol–water partition coefficient (Wildman–Crippen LogP) is 6.47. The molecule has 0 spiro atoms. The second-order valence-corrected chi connectivity index (χ2v) is 20.0. The van der Waals surface area contributed by atoms with Crippen LogP contribution in [0.4, 0.5) is 0 Å². The highest BCUT2D eigenvalue weighted by molar-refractivity contribution is 5.96. The van der Waals surface area contributed by atoms with Gasteiger partial charge in [0, 0.05) is 74.6 Å². The Morgan fingerprint density at radius 1 is 1.05 bits per heavy atom. The molecule has 4 amide bonds. The number of ether oxygens (including phenoxy) is 1. The van der Waals surface area contributed by atoms with Crippen LogP contribution in [0.15, 0.2) is 54.7 Å². The number of hydrazine groups is 1. The molecule has 7 rings (SSSR count). The van der Waals surface area contributed by atoms with Crippen molar-refractivity contribution in [1.29, 1.82) is 0 Å². The van der Waals surface area contributed by atoms with Gasteiger partial charge in [-0.25, -0.2) is 5.43 Å². The van der Waals surface area contributed by atoms with Gasteiger partial charge in [0.15, 0.2) is 0 Å². The minimum atomic E-state index is -1.15. The van der Waals surface area contributed by atoms with Crippen LogP contribution in [-0.2, 0) is 48.1 Å². The van der Waals surface area contributed by atoms with Crippen molar-refractivity contribution in [3.8, 4) is 28.1 Å². The van der Waals surface area contributed by atoms with E-state index in [1.807, 2.05) is 45.2 Å². The van der Waals surface area contributed by atoms with Gasteiger partial charge in [0.1, 0.15) is 23.9 Å². The smallest absolute Gasteiger partial charge is 0.324 e. The lowest BCUT2D eigenvalue weighted by atomic mass is 9.83. The van der Waals surface area contributed by atoms with Gasteiger partial charge in [-0.2, -0.15) is 0 Å². The number of aryl methyl sites for hydroxylation is 1. The highest BCUT2D eigenvalue weighted by atomic mass is 16.5. The van der Waals surface area contributed by atoms with Crippen LogP contribution in [0.5, 0.6) is 5.75 Å². The van der Waals surface area contributed by atoms with Crippen LogP contribution in [0.2, 0.25) is 0 Å². The lowest BCUT2D eigenvalue weighted by molar-refractivity contribution is -0.155. The SMILES string of the molecule is CCn1c(-c2cccnc2C(C)C)c2c3cc(ccc31)-c1cc(O)cc(c1)C[C@H](NC(=O)[C@H](C(C)C)N(C)C(=O)[C@@H]1CN(C(C)=O)C[C@@H]1C)C(=O)N1CCC[C@H](N1)C(=O)OCC(C)(C)C2. The third-order valence-corrected chi connectivity index (χ3v) is 13.5. The van der Waals surface area contributed by atoms with Crippen LogP contribution in [-0.4, -0.2) is 110 Å². The Kier molecular flexibility index (Phi) is 13.8. The third kappa shape index (κ3) is 9.78. The number of phenolic OH excluding ortho intramolecular Hbond substituents is 1. The highest BCUT2D eigenvalue weighted by Gasteiger charge is 2.42. The Labute approximate surface area is 383 Å². The molecule has 3 aliphatic heterocycles. The fourth-order valence-electron chi connectivity index (χ4n) is 10.2. The summed E-state index contributed by atoms with van der Waals surface area (Å²) in [5.74, 6) is -2.51. The van der Waals surface area contributed by atoms with Crippen molar-refractivity contribution in [2.75, 3.05) is 33.3 Å². The van der Waals surface area contributed by atoms with Crippen molar-refractivity contribution in [2.45, 2.75) is 119 Å². The van der Waals surface area contributed by atoms with Crippen LogP contribution in [0.1, 0.15) is 97.9 Å². The molecule has 2 aromatic carbocycles. The average molecular weight is 890 g/mol. The van der Waals surface area contributed by atoms with Gasteiger partial charge in [-0.3, -0.25) is 34.0 Å². The summed E-state index contributed by atoms with van der Waals surface area (Å²) in [6.45, 7) is 19.6. The van der Waals surface area contributed by atoms with Crippen molar-refractivity contribution in [2.24, 2.45) is 23.2 Å². The maximum Gasteiger partial charge on any atom is 0.324 e. The molecule has 4 aromatic rings. The number of carbonyl (C=O) groups excluding carboxylic acids is 5. The van der Waals surface area contributed by atoms with Crippen molar-refractivity contribution in [3.63, 3.8) is 0 Å². The minimum Gasteiger partial charge on any atom is -0.508 e. The topological polar surface area (TPSA) is 166 Å². The van der Waals surface area contributed by atoms with Crippen molar-refractivity contribution in [1.82, 2.24) is 35.1 Å². The Hall–Kier alpha value is -5.76. The normalized spacial score (nSPS) is 21.9. The molecule has 3 N–H and O–H groups in total. The first kappa shape index (κ1) is 47.2. The number of hydrogen-bond acceptors (Lipinski definition) is 9. The number of likely N-dealkylation sites (N-methyl/N-ethyl adjacent to an activating group) is 1. The Morgan fingerprint density at radius 3 is 2.48 bits per heavy atom. The van der Waals surface area contributed by atoms with Gasteiger partial charge in [-0.1, -0.05) is 60.6 Å². The number of fused-ring (bicyclic) bond motifs is 6. The van der Waals surface area contributed by atoms with Gasteiger partial charge in [0.05, 0.1) is 23.9 Å². The quantitative estimate of drug-likeness (QED) is 0.168. The number of likely N-dealkylation sites (tertiary alicyclic amines) is 1. The molecule has 2 aromatic heterocycles. The first-order chi connectivity index (χ1) is 30.8. The molecule has 2 saturated heterocycles. The summed E-state index contributed by atoms with van der Waals surface area (Å²) < 4.78 is 8.45. The van der Waals surface area contributed by atoms with E-state index >= 15 is 0 Å². The molecule has 0 radical (unpaired) electrons. The minimum absolute atomic E-state index is 0.00391. The van der Waals surface area contributed by atoms with Gasteiger partial charge < -0.3 is 29.5 Å². The van der Waals surface area contributed by atoms with Crippen LogP contribution >= 0.6 is 0 Å². The molecule has 0 aliphatic carbocycles. The van der Waals surface area contributed by atoms with E-state index in [0.717, 1.165) is 44.5 Å². The Balaban J connectivity index is 1.31. The molecule has 6 bridgehead atoms. The van der Waals surface area contributed by atoms with Crippen molar-refractivity contribution in [3.05, 3.63) is 71.5 Å².